The number of nitrogens with zero attached hydrogens (tertiary/aromatic N) is 2. The summed E-state index contributed by atoms with van der Waals surface area (Å²) in [5, 5.41) is 0. The Morgan fingerprint density at radius 2 is 1.87 bits per heavy atom. The Bertz CT molecular complexity index is 699. The number of hydrogen-bond donors (Lipinski definition) is 0. The molecule has 0 aromatic heterocycles. The zero-order valence-corrected chi connectivity index (χ0v) is 13.5. The van der Waals surface area contributed by atoms with Gasteiger partial charge < -0.3 is 4.90 Å². The van der Waals surface area contributed by atoms with Crippen LogP contribution in [0.15, 0.2) is 48.5 Å². The standard InChI is InChI=1S/C19H21FN2O/c1-14-4-3-5-16(12-14)19(23)22-11-10-21(2)18(13-22)15-6-8-17(20)9-7-15/h3-9,12,18H,10-11,13H2,1-2H3. The molecule has 2 aromatic carbocycles. The van der Waals surface area contributed by atoms with Gasteiger partial charge in [-0.1, -0.05) is 29.8 Å². The molecule has 1 aliphatic heterocycles. The lowest BCUT2D eigenvalue weighted by atomic mass is 10.0. The van der Waals surface area contributed by atoms with Crippen LogP contribution < -0.4 is 0 Å². The molecule has 0 aliphatic carbocycles. The highest BCUT2D eigenvalue weighted by Gasteiger charge is 2.28. The fourth-order valence-electron chi connectivity index (χ4n) is 3.06. The number of hydrogen-bond acceptors (Lipinski definition) is 2. The molecule has 1 amide bonds. The molecule has 23 heavy (non-hydrogen) atoms. The van der Waals surface area contributed by atoms with E-state index in [-0.39, 0.29) is 17.8 Å². The van der Waals surface area contributed by atoms with Crippen molar-refractivity contribution in [3.05, 3.63) is 71.0 Å². The lowest BCUT2D eigenvalue weighted by Gasteiger charge is -2.39. The van der Waals surface area contributed by atoms with Crippen molar-refractivity contribution in [3.8, 4) is 0 Å². The highest BCUT2D eigenvalue weighted by Crippen LogP contribution is 2.25. The van der Waals surface area contributed by atoms with Gasteiger partial charge in [0.05, 0.1) is 6.04 Å². The minimum atomic E-state index is -0.236. The molecular weight excluding hydrogens is 291 g/mol. The van der Waals surface area contributed by atoms with Crippen LogP contribution in [0.25, 0.3) is 0 Å². The van der Waals surface area contributed by atoms with Gasteiger partial charge in [-0.15, -0.1) is 0 Å². The SMILES string of the molecule is Cc1cccc(C(=O)N2CCN(C)C(c3ccc(F)cc3)C2)c1. The Hall–Kier alpha value is -2.20. The molecule has 120 valence electrons. The summed E-state index contributed by atoms with van der Waals surface area (Å²) in [6.45, 7) is 4.12. The summed E-state index contributed by atoms with van der Waals surface area (Å²) >= 11 is 0. The molecule has 1 fully saturated rings. The molecule has 1 aliphatic rings. The molecule has 1 unspecified atom stereocenters. The first-order chi connectivity index (χ1) is 11.0. The first-order valence-electron chi connectivity index (χ1n) is 7.86. The lowest BCUT2D eigenvalue weighted by Crippen LogP contribution is -2.49. The molecule has 0 bridgehead atoms. The Labute approximate surface area is 136 Å². The molecule has 1 saturated heterocycles. The zero-order chi connectivity index (χ0) is 16.4. The van der Waals surface area contributed by atoms with Crippen LogP contribution in [0.2, 0.25) is 0 Å². The Kier molecular flexibility index (Phi) is 4.44. The maximum atomic E-state index is 13.1. The maximum absolute atomic E-state index is 13.1. The Balaban J connectivity index is 1.80. The van der Waals surface area contributed by atoms with Crippen molar-refractivity contribution in [2.75, 3.05) is 26.7 Å². The lowest BCUT2D eigenvalue weighted by molar-refractivity contribution is 0.0546. The molecule has 0 N–H and O–H groups in total. The monoisotopic (exact) mass is 312 g/mol. The number of likely N-dealkylation sites (N-methyl/N-ethyl adjacent to an activating group) is 1. The second kappa shape index (κ2) is 6.50. The smallest absolute Gasteiger partial charge is 0.253 e. The van der Waals surface area contributed by atoms with Crippen molar-refractivity contribution < 1.29 is 9.18 Å². The topological polar surface area (TPSA) is 23.6 Å². The molecule has 3 rings (SSSR count). The van der Waals surface area contributed by atoms with Crippen molar-refractivity contribution in [2.24, 2.45) is 0 Å². The Morgan fingerprint density at radius 1 is 1.13 bits per heavy atom. The molecule has 1 heterocycles. The van der Waals surface area contributed by atoms with E-state index in [1.165, 1.54) is 12.1 Å². The first kappa shape index (κ1) is 15.7. The quantitative estimate of drug-likeness (QED) is 0.850. The third-order valence-electron chi connectivity index (χ3n) is 4.46. The van der Waals surface area contributed by atoms with Gasteiger partial charge in [-0.05, 0) is 43.8 Å². The summed E-state index contributed by atoms with van der Waals surface area (Å²) in [5.41, 5.74) is 2.85. The largest absolute Gasteiger partial charge is 0.335 e. The molecular formula is C19H21FN2O. The van der Waals surface area contributed by atoms with Gasteiger partial charge in [0.2, 0.25) is 0 Å². The number of benzene rings is 2. The average Bonchev–Trinajstić information content (AvgIpc) is 2.55. The van der Waals surface area contributed by atoms with E-state index in [2.05, 4.69) is 4.90 Å². The zero-order valence-electron chi connectivity index (χ0n) is 13.5. The van der Waals surface area contributed by atoms with Gasteiger partial charge in [-0.3, -0.25) is 9.69 Å². The summed E-state index contributed by atoms with van der Waals surface area (Å²) in [6, 6.07) is 14.3. The van der Waals surface area contributed by atoms with E-state index in [0.717, 1.165) is 23.2 Å². The van der Waals surface area contributed by atoms with Gasteiger partial charge in [0, 0.05) is 25.2 Å². The maximum Gasteiger partial charge on any atom is 0.253 e. The van der Waals surface area contributed by atoms with Crippen LogP contribution in [0, 0.1) is 12.7 Å². The van der Waals surface area contributed by atoms with Gasteiger partial charge >= 0.3 is 0 Å². The number of aryl methyl sites for hydroxylation is 1. The van der Waals surface area contributed by atoms with E-state index in [9.17, 15) is 9.18 Å². The summed E-state index contributed by atoms with van der Waals surface area (Å²) < 4.78 is 13.1. The predicted molar refractivity (Wildman–Crippen MR) is 88.9 cm³/mol. The van der Waals surface area contributed by atoms with Crippen LogP contribution >= 0.6 is 0 Å². The van der Waals surface area contributed by atoms with Crippen LogP contribution in [0.4, 0.5) is 4.39 Å². The summed E-state index contributed by atoms with van der Waals surface area (Å²) in [7, 11) is 2.04. The summed E-state index contributed by atoms with van der Waals surface area (Å²) in [5.74, 6) is -0.172. The number of carbonyl (C=O) groups is 1. The van der Waals surface area contributed by atoms with Crippen LogP contribution in [0.1, 0.15) is 27.5 Å². The van der Waals surface area contributed by atoms with E-state index in [1.54, 1.807) is 12.1 Å². The number of halogens is 1. The number of piperazine rings is 1. The fraction of sp³-hybridized carbons (Fsp3) is 0.316. The van der Waals surface area contributed by atoms with Crippen molar-refractivity contribution in [1.82, 2.24) is 9.80 Å². The van der Waals surface area contributed by atoms with E-state index >= 15 is 0 Å². The molecule has 1 atom stereocenters. The van der Waals surface area contributed by atoms with Gasteiger partial charge in [-0.25, -0.2) is 4.39 Å². The number of amides is 1. The minimum absolute atomic E-state index is 0.0638. The fourth-order valence-corrected chi connectivity index (χ4v) is 3.06. The highest BCUT2D eigenvalue weighted by atomic mass is 19.1. The van der Waals surface area contributed by atoms with E-state index in [1.807, 2.05) is 43.1 Å². The van der Waals surface area contributed by atoms with Crippen molar-refractivity contribution in [3.63, 3.8) is 0 Å². The molecule has 0 spiro atoms. The van der Waals surface area contributed by atoms with Gasteiger partial charge in [0.25, 0.3) is 5.91 Å². The van der Waals surface area contributed by atoms with Crippen molar-refractivity contribution in [1.29, 1.82) is 0 Å². The van der Waals surface area contributed by atoms with Crippen LogP contribution in [0.5, 0.6) is 0 Å². The molecule has 0 saturated carbocycles. The molecule has 0 radical (unpaired) electrons. The third kappa shape index (κ3) is 3.42. The molecule has 4 heteroatoms. The second-order valence-electron chi connectivity index (χ2n) is 6.17. The van der Waals surface area contributed by atoms with Gasteiger partial charge in [-0.2, -0.15) is 0 Å². The first-order valence-corrected chi connectivity index (χ1v) is 7.86. The number of carbonyl (C=O) groups excluding carboxylic acids is 1. The van der Waals surface area contributed by atoms with Crippen molar-refractivity contribution >= 4 is 5.91 Å². The minimum Gasteiger partial charge on any atom is -0.335 e. The van der Waals surface area contributed by atoms with E-state index in [0.29, 0.717) is 13.1 Å². The van der Waals surface area contributed by atoms with Gasteiger partial charge in [0.1, 0.15) is 5.82 Å². The van der Waals surface area contributed by atoms with Gasteiger partial charge in [0.15, 0.2) is 0 Å². The van der Waals surface area contributed by atoms with Crippen LogP contribution in [0.3, 0.4) is 0 Å². The third-order valence-corrected chi connectivity index (χ3v) is 4.46. The molecule has 3 nitrogen and oxygen atoms in total. The normalized spacial score (nSPS) is 18.9. The average molecular weight is 312 g/mol. The second-order valence-corrected chi connectivity index (χ2v) is 6.17. The van der Waals surface area contributed by atoms with E-state index in [4.69, 9.17) is 0 Å². The summed E-state index contributed by atoms with van der Waals surface area (Å²) in [6.07, 6.45) is 0. The van der Waals surface area contributed by atoms with Crippen LogP contribution in [-0.2, 0) is 0 Å². The highest BCUT2D eigenvalue weighted by molar-refractivity contribution is 5.94. The Morgan fingerprint density at radius 3 is 2.57 bits per heavy atom. The van der Waals surface area contributed by atoms with Crippen molar-refractivity contribution in [2.45, 2.75) is 13.0 Å². The predicted octanol–water partition coefficient (Wildman–Crippen LogP) is 3.26. The molecule has 2 aromatic rings. The van der Waals surface area contributed by atoms with Crippen LogP contribution in [-0.4, -0.2) is 42.4 Å². The van der Waals surface area contributed by atoms with E-state index < -0.39 is 0 Å². The number of rotatable bonds is 2. The summed E-state index contributed by atoms with van der Waals surface area (Å²) in [4.78, 5) is 16.8.